The Morgan fingerprint density at radius 2 is 1.91 bits per heavy atom. The summed E-state index contributed by atoms with van der Waals surface area (Å²) in [7, 11) is 0. The molecule has 4 nitrogen and oxygen atoms in total. The van der Waals surface area contributed by atoms with Crippen molar-refractivity contribution in [2.75, 3.05) is 6.54 Å². The van der Waals surface area contributed by atoms with Gasteiger partial charge in [-0.15, -0.1) is 12.4 Å². The van der Waals surface area contributed by atoms with Gasteiger partial charge in [-0.2, -0.15) is 4.98 Å². The number of fused-ring (bicyclic) bond motifs is 1. The summed E-state index contributed by atoms with van der Waals surface area (Å²) in [6, 6.07) is 14.4. The van der Waals surface area contributed by atoms with Crippen LogP contribution in [0.4, 0.5) is 0 Å². The zero-order valence-corrected chi connectivity index (χ0v) is 13.6. The van der Waals surface area contributed by atoms with Crippen LogP contribution in [0.15, 0.2) is 47.0 Å². The standard InChI is InChI=1S/C17H19N3O.ClH/c1-3-11-18-12(2)17-19-16(20-21-17)15-10-6-8-13-7-4-5-9-14(13)15;/h4-10,12,18H,3,11H2,1-2H3;1H. The molecule has 22 heavy (non-hydrogen) atoms. The van der Waals surface area contributed by atoms with Gasteiger partial charge in [0, 0.05) is 5.56 Å². The molecule has 1 unspecified atom stereocenters. The van der Waals surface area contributed by atoms with E-state index < -0.39 is 0 Å². The molecule has 0 aliphatic carbocycles. The molecule has 0 bridgehead atoms. The topological polar surface area (TPSA) is 51.0 Å². The molecule has 0 aliphatic rings. The fourth-order valence-electron chi connectivity index (χ4n) is 2.39. The minimum atomic E-state index is 0. The van der Waals surface area contributed by atoms with Gasteiger partial charge in [0.15, 0.2) is 0 Å². The summed E-state index contributed by atoms with van der Waals surface area (Å²) < 4.78 is 5.40. The average Bonchev–Trinajstić information content (AvgIpc) is 3.02. The summed E-state index contributed by atoms with van der Waals surface area (Å²) in [6.45, 7) is 5.11. The summed E-state index contributed by atoms with van der Waals surface area (Å²) >= 11 is 0. The molecule has 3 aromatic rings. The maximum Gasteiger partial charge on any atom is 0.243 e. The maximum absolute atomic E-state index is 5.40. The highest BCUT2D eigenvalue weighted by Crippen LogP contribution is 2.27. The molecule has 3 rings (SSSR count). The molecule has 0 amide bonds. The SMILES string of the molecule is CCCNC(C)c1nc(-c2cccc3ccccc23)no1.Cl. The Kier molecular flexibility index (Phi) is 5.52. The molecule has 0 saturated carbocycles. The average molecular weight is 318 g/mol. The number of halogens is 1. The normalized spacial score (nSPS) is 12.1. The zero-order chi connectivity index (χ0) is 14.7. The maximum atomic E-state index is 5.40. The van der Waals surface area contributed by atoms with Crippen molar-refractivity contribution in [3.8, 4) is 11.4 Å². The van der Waals surface area contributed by atoms with Gasteiger partial charge in [-0.25, -0.2) is 0 Å². The van der Waals surface area contributed by atoms with Gasteiger partial charge in [0.25, 0.3) is 0 Å². The van der Waals surface area contributed by atoms with Gasteiger partial charge in [0.2, 0.25) is 11.7 Å². The van der Waals surface area contributed by atoms with Crippen molar-refractivity contribution in [2.45, 2.75) is 26.3 Å². The molecule has 0 radical (unpaired) electrons. The van der Waals surface area contributed by atoms with Crippen molar-refractivity contribution in [1.29, 1.82) is 0 Å². The highest BCUT2D eigenvalue weighted by molar-refractivity contribution is 5.94. The van der Waals surface area contributed by atoms with Crippen LogP contribution in [0.2, 0.25) is 0 Å². The van der Waals surface area contributed by atoms with Gasteiger partial charge < -0.3 is 9.84 Å². The molecule has 2 aromatic carbocycles. The summed E-state index contributed by atoms with van der Waals surface area (Å²) in [4.78, 5) is 4.54. The van der Waals surface area contributed by atoms with Gasteiger partial charge in [0.05, 0.1) is 6.04 Å². The fraction of sp³-hybridized carbons (Fsp3) is 0.294. The first-order valence-electron chi connectivity index (χ1n) is 7.34. The third-order valence-electron chi connectivity index (χ3n) is 3.54. The monoisotopic (exact) mass is 317 g/mol. The Morgan fingerprint density at radius 3 is 2.73 bits per heavy atom. The van der Waals surface area contributed by atoms with Crippen LogP contribution < -0.4 is 5.32 Å². The highest BCUT2D eigenvalue weighted by atomic mass is 35.5. The largest absolute Gasteiger partial charge is 0.337 e. The molecule has 5 heteroatoms. The summed E-state index contributed by atoms with van der Waals surface area (Å²) in [5, 5.41) is 9.81. The molecule has 1 heterocycles. The van der Waals surface area contributed by atoms with Crippen LogP contribution in [-0.2, 0) is 0 Å². The second-order valence-corrected chi connectivity index (χ2v) is 5.16. The fourth-order valence-corrected chi connectivity index (χ4v) is 2.39. The Hall–Kier alpha value is -1.91. The molecule has 116 valence electrons. The lowest BCUT2D eigenvalue weighted by molar-refractivity contribution is 0.340. The van der Waals surface area contributed by atoms with Crippen molar-refractivity contribution in [1.82, 2.24) is 15.5 Å². The van der Waals surface area contributed by atoms with Crippen molar-refractivity contribution in [2.24, 2.45) is 0 Å². The van der Waals surface area contributed by atoms with E-state index in [0.717, 1.165) is 23.9 Å². The number of hydrogen-bond acceptors (Lipinski definition) is 4. The second kappa shape index (κ2) is 7.38. The van der Waals surface area contributed by atoms with Crippen LogP contribution in [0.3, 0.4) is 0 Å². The lowest BCUT2D eigenvalue weighted by Crippen LogP contribution is -2.19. The first-order chi connectivity index (χ1) is 10.3. The lowest BCUT2D eigenvalue weighted by atomic mass is 10.0. The van der Waals surface area contributed by atoms with Crippen LogP contribution >= 0.6 is 12.4 Å². The Labute approximate surface area is 136 Å². The number of nitrogens with zero attached hydrogens (tertiary/aromatic N) is 2. The van der Waals surface area contributed by atoms with Gasteiger partial charge >= 0.3 is 0 Å². The predicted octanol–water partition coefficient (Wildman–Crippen LogP) is 4.37. The van der Waals surface area contributed by atoms with Gasteiger partial charge in [0.1, 0.15) is 0 Å². The first kappa shape index (κ1) is 16.5. The van der Waals surface area contributed by atoms with E-state index in [-0.39, 0.29) is 18.4 Å². The predicted molar refractivity (Wildman–Crippen MR) is 91.2 cm³/mol. The van der Waals surface area contributed by atoms with E-state index >= 15 is 0 Å². The number of aromatic nitrogens is 2. The highest BCUT2D eigenvalue weighted by Gasteiger charge is 2.15. The number of nitrogens with one attached hydrogen (secondary N) is 1. The van der Waals surface area contributed by atoms with Crippen LogP contribution in [0.5, 0.6) is 0 Å². The minimum Gasteiger partial charge on any atom is -0.337 e. The van der Waals surface area contributed by atoms with Gasteiger partial charge in [-0.05, 0) is 30.7 Å². The minimum absolute atomic E-state index is 0. The lowest BCUT2D eigenvalue weighted by Gasteiger charge is -2.07. The Morgan fingerprint density at radius 1 is 1.14 bits per heavy atom. The summed E-state index contributed by atoms with van der Waals surface area (Å²) in [5.74, 6) is 1.28. The van der Waals surface area contributed by atoms with E-state index in [4.69, 9.17) is 4.52 Å². The Balaban J connectivity index is 0.00000176. The molecule has 0 fully saturated rings. The van der Waals surface area contributed by atoms with E-state index in [9.17, 15) is 0 Å². The smallest absolute Gasteiger partial charge is 0.243 e. The van der Waals surface area contributed by atoms with Crippen molar-refractivity contribution >= 4 is 23.2 Å². The van der Waals surface area contributed by atoms with Crippen LogP contribution in [-0.4, -0.2) is 16.7 Å². The third-order valence-corrected chi connectivity index (χ3v) is 3.54. The molecule has 0 aliphatic heterocycles. The zero-order valence-electron chi connectivity index (χ0n) is 12.7. The molecule has 0 spiro atoms. The van der Waals surface area contributed by atoms with Crippen LogP contribution in [0, 0.1) is 0 Å². The van der Waals surface area contributed by atoms with Gasteiger partial charge in [-0.3, -0.25) is 0 Å². The quantitative estimate of drug-likeness (QED) is 0.759. The van der Waals surface area contributed by atoms with Crippen LogP contribution in [0.1, 0.15) is 32.2 Å². The summed E-state index contributed by atoms with van der Waals surface area (Å²) in [6.07, 6.45) is 1.08. The van der Waals surface area contributed by atoms with Crippen molar-refractivity contribution < 1.29 is 4.52 Å². The third kappa shape index (κ3) is 3.29. The molecule has 1 aromatic heterocycles. The first-order valence-corrected chi connectivity index (χ1v) is 7.34. The van der Waals surface area contributed by atoms with E-state index in [1.54, 1.807) is 0 Å². The second-order valence-electron chi connectivity index (χ2n) is 5.16. The van der Waals surface area contributed by atoms with Gasteiger partial charge in [-0.1, -0.05) is 54.5 Å². The van der Waals surface area contributed by atoms with Crippen molar-refractivity contribution in [3.05, 3.63) is 48.4 Å². The Bertz CT molecular complexity index is 736. The molecule has 0 saturated heterocycles. The molecular weight excluding hydrogens is 298 g/mol. The van der Waals surface area contributed by atoms with E-state index in [0.29, 0.717) is 11.7 Å². The number of benzene rings is 2. The molecule has 1 N–H and O–H groups in total. The molecular formula is C17H20ClN3O. The summed E-state index contributed by atoms with van der Waals surface area (Å²) in [5.41, 5.74) is 1.01. The van der Waals surface area contributed by atoms with E-state index in [1.807, 2.05) is 31.2 Å². The van der Waals surface area contributed by atoms with E-state index in [1.165, 1.54) is 5.39 Å². The number of rotatable bonds is 5. The molecule has 1 atom stereocenters. The van der Waals surface area contributed by atoms with Crippen LogP contribution in [0.25, 0.3) is 22.2 Å². The number of hydrogen-bond donors (Lipinski definition) is 1. The van der Waals surface area contributed by atoms with E-state index in [2.05, 4.69) is 40.6 Å². The van der Waals surface area contributed by atoms with Crippen molar-refractivity contribution in [3.63, 3.8) is 0 Å².